The summed E-state index contributed by atoms with van der Waals surface area (Å²) in [6, 6.07) is 159. The molecule has 0 bridgehead atoms. The third-order valence-electron chi connectivity index (χ3n) is 26.3. The molecule has 0 N–H and O–H groups in total. The van der Waals surface area contributed by atoms with Gasteiger partial charge in [-0.2, -0.15) is 0 Å². The number of nitrogens with zero attached hydrogens (tertiary/aromatic N) is 2. The van der Waals surface area contributed by atoms with Crippen molar-refractivity contribution in [1.82, 2.24) is 0 Å². The molecule has 0 amide bonds. The van der Waals surface area contributed by atoms with Gasteiger partial charge in [-0.25, -0.2) is 0 Å². The highest BCUT2D eigenvalue weighted by molar-refractivity contribution is 6.11. The van der Waals surface area contributed by atoms with Gasteiger partial charge < -0.3 is 18.6 Å². The van der Waals surface area contributed by atoms with Crippen molar-refractivity contribution >= 4 is 110 Å². The number of anilines is 6. The van der Waals surface area contributed by atoms with Crippen molar-refractivity contribution in [1.29, 1.82) is 0 Å². The fraction of sp³-hybridized carbons (Fsp3) is 0.0500. The van der Waals surface area contributed by atoms with Crippen molar-refractivity contribution in [3.05, 3.63) is 459 Å². The van der Waals surface area contributed by atoms with E-state index >= 15 is 0 Å². The van der Waals surface area contributed by atoms with Gasteiger partial charge in [0.05, 0.1) is 0 Å². The summed E-state index contributed by atoms with van der Waals surface area (Å²) in [5, 5.41) is 12.1. The van der Waals surface area contributed by atoms with Gasteiger partial charge in [0.1, 0.15) is 22.3 Å². The zero-order chi connectivity index (χ0) is 82.7. The lowest BCUT2D eigenvalue weighted by Gasteiger charge is -2.28. The molecule has 20 aromatic carbocycles. The highest BCUT2D eigenvalue weighted by Gasteiger charge is 2.39. The van der Waals surface area contributed by atoms with E-state index in [2.05, 4.69) is 450 Å². The van der Waals surface area contributed by atoms with Gasteiger partial charge in [-0.05, 0) is 259 Å². The van der Waals surface area contributed by atoms with E-state index in [9.17, 15) is 0 Å². The minimum atomic E-state index is -0.204. The summed E-state index contributed by atoms with van der Waals surface area (Å²) in [7, 11) is 0. The molecule has 0 radical (unpaired) electrons. The van der Waals surface area contributed by atoms with Crippen LogP contribution in [0.15, 0.2) is 446 Å². The summed E-state index contributed by atoms with van der Waals surface area (Å²) in [4.78, 5) is 4.79. The van der Waals surface area contributed by atoms with Gasteiger partial charge >= 0.3 is 0 Å². The summed E-state index contributed by atoms with van der Waals surface area (Å²) in [5.74, 6) is 0. The molecule has 2 aliphatic carbocycles. The number of benzene rings is 20. The van der Waals surface area contributed by atoms with E-state index in [1.54, 1.807) is 0 Å². The number of rotatable bonds is 13. The molecule has 586 valence electrons. The lowest BCUT2D eigenvalue weighted by atomic mass is 9.81. The van der Waals surface area contributed by atoms with Gasteiger partial charge in [0.2, 0.25) is 0 Å². The smallest absolute Gasteiger partial charge is 0.143 e. The Morgan fingerprint density at radius 1 is 0.169 bits per heavy atom. The second-order valence-corrected chi connectivity index (χ2v) is 34.3. The quantitative estimate of drug-likeness (QED) is 0.115. The predicted molar refractivity (Wildman–Crippen MR) is 523 cm³/mol. The number of fused-ring (bicyclic) bond motifs is 15. The predicted octanol–water partition coefficient (Wildman–Crippen LogP) is 33.9. The molecule has 4 heteroatoms. The van der Waals surface area contributed by atoms with Crippen LogP contribution in [0.5, 0.6) is 0 Å². The van der Waals surface area contributed by atoms with E-state index in [-0.39, 0.29) is 10.8 Å². The Morgan fingerprint density at radius 3 is 0.815 bits per heavy atom. The normalized spacial score (nSPS) is 12.8. The molecule has 0 aliphatic heterocycles. The van der Waals surface area contributed by atoms with Crippen LogP contribution in [-0.2, 0) is 10.8 Å². The molecule has 4 nitrogen and oxygen atoms in total. The molecule has 0 fully saturated rings. The molecule has 22 aromatic rings. The molecule has 0 saturated heterocycles. The first kappa shape index (κ1) is 73.5. The van der Waals surface area contributed by atoms with Crippen molar-refractivity contribution in [2.45, 2.75) is 38.5 Å². The van der Waals surface area contributed by atoms with Crippen LogP contribution in [0.4, 0.5) is 34.1 Å². The fourth-order valence-electron chi connectivity index (χ4n) is 19.7. The maximum absolute atomic E-state index is 6.46. The summed E-state index contributed by atoms with van der Waals surface area (Å²) in [6.07, 6.45) is 0. The zero-order valence-corrected chi connectivity index (χ0v) is 69.3. The van der Waals surface area contributed by atoms with Gasteiger partial charge in [0.15, 0.2) is 0 Å². The summed E-state index contributed by atoms with van der Waals surface area (Å²) in [6.45, 7) is 9.51. The molecule has 0 atom stereocenters. The number of furan rings is 2. The first-order chi connectivity index (χ1) is 60.9. The Kier molecular flexibility index (Phi) is 17.6. The Bertz CT molecular complexity index is 7950. The molecule has 2 aromatic heterocycles. The average Bonchev–Trinajstić information content (AvgIpc) is 1.57. The fourth-order valence-corrected chi connectivity index (χ4v) is 19.7. The van der Waals surface area contributed by atoms with E-state index in [0.29, 0.717) is 0 Å². The Morgan fingerprint density at radius 2 is 0.427 bits per heavy atom. The van der Waals surface area contributed by atoms with Crippen LogP contribution in [0.1, 0.15) is 49.9 Å². The molecule has 0 unspecified atom stereocenters. The number of hydrogen-bond donors (Lipinski definition) is 0. The van der Waals surface area contributed by atoms with E-state index in [1.165, 1.54) is 132 Å². The van der Waals surface area contributed by atoms with Crippen LogP contribution >= 0.6 is 0 Å². The first-order valence-corrected chi connectivity index (χ1v) is 43.0. The van der Waals surface area contributed by atoms with E-state index in [0.717, 1.165) is 100 Å². The lowest BCUT2D eigenvalue weighted by molar-refractivity contribution is 0.660. The van der Waals surface area contributed by atoms with Gasteiger partial charge in [-0.15, -0.1) is 0 Å². The van der Waals surface area contributed by atoms with Crippen molar-refractivity contribution in [2.75, 3.05) is 9.80 Å². The first-order valence-electron chi connectivity index (χ1n) is 43.0. The number of hydrogen-bond acceptors (Lipinski definition) is 4. The summed E-state index contributed by atoms with van der Waals surface area (Å²) >= 11 is 0. The maximum Gasteiger partial charge on any atom is 0.143 e. The van der Waals surface area contributed by atoms with Gasteiger partial charge in [-0.1, -0.05) is 349 Å². The molecular formula is C120H84N2O2. The maximum atomic E-state index is 6.46. The van der Waals surface area contributed by atoms with Crippen LogP contribution in [0.3, 0.4) is 0 Å². The van der Waals surface area contributed by atoms with Crippen LogP contribution in [-0.4, -0.2) is 0 Å². The second-order valence-electron chi connectivity index (χ2n) is 34.3. The van der Waals surface area contributed by atoms with Gasteiger partial charge in [-0.3, -0.25) is 0 Å². The minimum absolute atomic E-state index is 0.200. The molecular weight excluding hydrogens is 1500 g/mol. The Hall–Kier alpha value is -15.6. The Labute approximate surface area is 721 Å². The average molecular weight is 1590 g/mol. The van der Waals surface area contributed by atoms with Crippen molar-refractivity contribution in [3.63, 3.8) is 0 Å². The second kappa shape index (κ2) is 29.7. The summed E-state index contributed by atoms with van der Waals surface area (Å²) in [5.41, 5.74) is 37.1. The SMILES string of the molecule is CC1(C)c2cc(-c3ccc4ccccc4c3)ccc2-c2ccc(N(c3ccc(-c4ccc(-c5ccccc5)cc4)cc3)c3ccc(-c4cccc5c4oc4ccccc45)cc3)cc21.CC1(C)c2cc(-c3ccc4ccccc4c3)ccc2-c2ccc(N(c3ccc(-c4ccc5ccccc5c4)cc3)c3ccc(-c4cccc5c4oc4ccccc45)cc3)cc21. The molecule has 0 saturated carbocycles. The van der Waals surface area contributed by atoms with E-state index in [4.69, 9.17) is 8.83 Å². The van der Waals surface area contributed by atoms with Crippen LogP contribution in [0.2, 0.25) is 0 Å². The molecule has 2 aliphatic rings. The monoisotopic (exact) mass is 1580 g/mol. The van der Waals surface area contributed by atoms with E-state index < -0.39 is 0 Å². The highest BCUT2D eigenvalue weighted by atomic mass is 16.3. The molecule has 2 heterocycles. The van der Waals surface area contributed by atoms with Gasteiger partial charge in [0, 0.05) is 77.6 Å². The lowest BCUT2D eigenvalue weighted by Crippen LogP contribution is -2.16. The van der Waals surface area contributed by atoms with Crippen molar-refractivity contribution in [2.24, 2.45) is 0 Å². The minimum Gasteiger partial charge on any atom is -0.455 e. The third-order valence-corrected chi connectivity index (χ3v) is 26.3. The summed E-state index contributed by atoms with van der Waals surface area (Å²) < 4.78 is 12.9. The molecule has 24 rings (SSSR count). The van der Waals surface area contributed by atoms with Gasteiger partial charge in [0.25, 0.3) is 0 Å². The van der Waals surface area contributed by atoms with Crippen LogP contribution in [0.25, 0.3) is 176 Å². The van der Waals surface area contributed by atoms with Crippen LogP contribution < -0.4 is 9.80 Å². The molecule has 0 spiro atoms. The van der Waals surface area contributed by atoms with Crippen molar-refractivity contribution < 1.29 is 8.83 Å². The highest BCUT2D eigenvalue weighted by Crippen LogP contribution is 2.55. The largest absolute Gasteiger partial charge is 0.455 e. The topological polar surface area (TPSA) is 32.8 Å². The van der Waals surface area contributed by atoms with Crippen LogP contribution in [0, 0.1) is 0 Å². The zero-order valence-electron chi connectivity index (χ0n) is 69.3. The Balaban J connectivity index is 0.000000143. The van der Waals surface area contributed by atoms with E-state index in [1.807, 2.05) is 24.3 Å². The molecule has 124 heavy (non-hydrogen) atoms. The standard InChI is InChI=1S/C61H43NO.C59H41NO/c1-61(2)57-38-48(47-24-23-41-13-6-7-14-46(41)37-47)29-35-53(57)54-36-34-51(39-58(54)61)62(49-30-25-44(26-31-49)43-21-19-42(20-22-43)40-11-4-3-5-12-40)50-32-27-45(28-33-50)52-16-10-17-56-55-15-8-9-18-59(55)63-60(52)56;1-59(2)55-36-46(45-21-19-39-11-4-6-13-43(39)35-45)26-32-51(55)52-33-31-49(37-56(52)59)60(47-27-22-40(23-28-47)44-20-18-38-10-3-5-12-42(38)34-44)48-29-24-41(25-30-48)50-15-9-16-54-53-14-7-8-17-57(53)61-58(50)54/h3-39H,1-2H3;3-37H,1-2H3. The third kappa shape index (κ3) is 12.8. The number of para-hydroxylation sites is 4. The van der Waals surface area contributed by atoms with Crippen molar-refractivity contribution in [3.8, 4) is 100 Å².